The van der Waals surface area contributed by atoms with Crippen molar-refractivity contribution in [2.24, 2.45) is 0 Å². The van der Waals surface area contributed by atoms with Gasteiger partial charge < -0.3 is 5.32 Å². The molecule has 1 atom stereocenters. The fourth-order valence-electron chi connectivity index (χ4n) is 3.45. The molecule has 9 heteroatoms. The number of piperazine rings is 3. The molecule has 5 heterocycles. The quantitative estimate of drug-likeness (QED) is 0.895. The van der Waals surface area contributed by atoms with Gasteiger partial charge in [-0.2, -0.15) is 13.2 Å². The van der Waals surface area contributed by atoms with Crippen molar-refractivity contribution < 1.29 is 13.2 Å². The average Bonchev–Trinajstić information content (AvgIpc) is 2.67. The minimum atomic E-state index is -4.53. The molecule has 0 amide bonds. The van der Waals surface area contributed by atoms with Crippen LogP contribution in [-0.2, 0) is 6.18 Å². The molecule has 0 aromatic carbocycles. The molecule has 0 radical (unpaired) electrons. The molecule has 2 aromatic heterocycles. The third-order valence-electron chi connectivity index (χ3n) is 4.87. The molecule has 1 N–H and O–H groups in total. The van der Waals surface area contributed by atoms with E-state index in [-0.39, 0.29) is 17.7 Å². The van der Waals surface area contributed by atoms with Gasteiger partial charge in [0.05, 0.1) is 0 Å². The number of hydrogen-bond acceptors (Lipinski definition) is 6. The Morgan fingerprint density at radius 1 is 1.08 bits per heavy atom. The Hall–Kier alpha value is -2.26. The van der Waals surface area contributed by atoms with Gasteiger partial charge >= 0.3 is 6.18 Å². The van der Waals surface area contributed by atoms with Crippen LogP contribution in [0.5, 0.6) is 0 Å². The van der Waals surface area contributed by atoms with Gasteiger partial charge in [-0.25, -0.2) is 9.97 Å². The van der Waals surface area contributed by atoms with Crippen molar-refractivity contribution in [1.29, 1.82) is 0 Å². The maximum absolute atomic E-state index is 13.2. The van der Waals surface area contributed by atoms with E-state index >= 15 is 0 Å². The lowest BCUT2D eigenvalue weighted by Gasteiger charge is -2.47. The zero-order chi connectivity index (χ0) is 18.1. The first-order valence-electron chi connectivity index (χ1n) is 8.56. The molecular weight excluding hydrogens is 345 g/mol. The summed E-state index contributed by atoms with van der Waals surface area (Å²) in [6.07, 6.45) is -1.51. The molecule has 5 rings (SSSR count). The number of rotatable bonds is 4. The van der Waals surface area contributed by atoms with Crippen LogP contribution in [0.2, 0.25) is 0 Å². The van der Waals surface area contributed by atoms with E-state index in [0.717, 1.165) is 38.8 Å². The summed E-state index contributed by atoms with van der Waals surface area (Å²) >= 11 is 0. The van der Waals surface area contributed by atoms with Crippen LogP contribution < -0.4 is 5.32 Å². The van der Waals surface area contributed by atoms with Crippen molar-refractivity contribution in [2.45, 2.75) is 12.2 Å². The van der Waals surface area contributed by atoms with Crippen LogP contribution in [0.3, 0.4) is 0 Å². The Bertz CT molecular complexity index is 759. The van der Waals surface area contributed by atoms with Crippen LogP contribution >= 0.6 is 0 Å². The predicted molar refractivity (Wildman–Crippen MR) is 90.6 cm³/mol. The van der Waals surface area contributed by atoms with Crippen molar-refractivity contribution in [2.75, 3.05) is 44.6 Å². The maximum Gasteiger partial charge on any atom is 0.433 e. The molecule has 2 aromatic rings. The molecule has 0 spiro atoms. The first-order chi connectivity index (χ1) is 12.5. The minimum absolute atomic E-state index is 0.0407. The lowest BCUT2D eigenvalue weighted by molar-refractivity contribution is -0.141. The molecule has 1 unspecified atom stereocenters. The fourth-order valence-corrected chi connectivity index (χ4v) is 3.45. The maximum atomic E-state index is 13.2. The van der Waals surface area contributed by atoms with Crippen molar-refractivity contribution in [3.8, 4) is 11.4 Å². The van der Waals surface area contributed by atoms with Crippen molar-refractivity contribution in [1.82, 2.24) is 24.8 Å². The highest BCUT2D eigenvalue weighted by molar-refractivity contribution is 5.57. The van der Waals surface area contributed by atoms with Crippen LogP contribution in [0, 0.1) is 0 Å². The molecule has 138 valence electrons. The first-order valence-corrected chi connectivity index (χ1v) is 8.56. The van der Waals surface area contributed by atoms with Gasteiger partial charge in [0.2, 0.25) is 0 Å². The highest BCUT2D eigenvalue weighted by Gasteiger charge is 2.34. The Balaban J connectivity index is 1.57. The summed E-state index contributed by atoms with van der Waals surface area (Å²) in [5.74, 6) is 0.232. The number of anilines is 1. The van der Waals surface area contributed by atoms with E-state index in [1.807, 2.05) is 0 Å². The van der Waals surface area contributed by atoms with E-state index < -0.39 is 11.9 Å². The van der Waals surface area contributed by atoms with E-state index in [4.69, 9.17) is 0 Å². The van der Waals surface area contributed by atoms with E-state index in [9.17, 15) is 13.2 Å². The summed E-state index contributed by atoms with van der Waals surface area (Å²) in [6.45, 7) is 5.63. The van der Waals surface area contributed by atoms with Gasteiger partial charge in [0.25, 0.3) is 0 Å². The summed E-state index contributed by atoms with van der Waals surface area (Å²) in [6, 6.07) is 4.45. The second-order valence-corrected chi connectivity index (χ2v) is 6.57. The molecule has 3 saturated heterocycles. The second-order valence-electron chi connectivity index (χ2n) is 6.57. The largest absolute Gasteiger partial charge is 0.433 e. The molecule has 0 saturated carbocycles. The average molecular weight is 364 g/mol. The van der Waals surface area contributed by atoms with Crippen LogP contribution in [0.1, 0.15) is 5.69 Å². The Labute approximate surface area is 149 Å². The van der Waals surface area contributed by atoms with Crippen LogP contribution in [-0.4, -0.2) is 70.1 Å². The third-order valence-corrected chi connectivity index (χ3v) is 4.87. The summed E-state index contributed by atoms with van der Waals surface area (Å²) in [5, 5.41) is 3.09. The van der Waals surface area contributed by atoms with E-state index in [1.165, 1.54) is 12.4 Å². The number of nitrogens with zero attached hydrogens (tertiary/aromatic N) is 5. The third kappa shape index (κ3) is 3.63. The summed E-state index contributed by atoms with van der Waals surface area (Å²) in [7, 11) is 0. The lowest BCUT2D eigenvalue weighted by atomic mass is 10.1. The van der Waals surface area contributed by atoms with Gasteiger partial charge in [-0.3, -0.25) is 14.8 Å². The Morgan fingerprint density at radius 3 is 2.42 bits per heavy atom. The monoisotopic (exact) mass is 364 g/mol. The van der Waals surface area contributed by atoms with Gasteiger partial charge in [0.15, 0.2) is 11.5 Å². The lowest BCUT2D eigenvalue weighted by Crippen LogP contribution is -2.62. The summed E-state index contributed by atoms with van der Waals surface area (Å²) in [5.41, 5.74) is -0.447. The van der Waals surface area contributed by atoms with Gasteiger partial charge in [0.1, 0.15) is 5.82 Å². The molecule has 26 heavy (non-hydrogen) atoms. The zero-order valence-corrected chi connectivity index (χ0v) is 14.1. The Morgan fingerprint density at radius 2 is 1.81 bits per heavy atom. The van der Waals surface area contributed by atoms with E-state index in [2.05, 4.69) is 30.1 Å². The van der Waals surface area contributed by atoms with Crippen LogP contribution in [0.25, 0.3) is 11.4 Å². The van der Waals surface area contributed by atoms with Gasteiger partial charge in [-0.05, 0) is 12.1 Å². The molecular formula is C17H19F3N6. The Kier molecular flexibility index (Phi) is 4.49. The molecule has 0 aliphatic carbocycles. The fraction of sp³-hybridized carbons (Fsp3) is 0.471. The first kappa shape index (κ1) is 17.2. The summed E-state index contributed by atoms with van der Waals surface area (Å²) in [4.78, 5) is 16.6. The SMILES string of the molecule is FC(F)(F)c1cc(NCC2CN3CCN2CC3)nc(-c2ccncc2)n1. The van der Waals surface area contributed by atoms with Gasteiger partial charge in [0, 0.05) is 69.3 Å². The van der Waals surface area contributed by atoms with Gasteiger partial charge in [-0.1, -0.05) is 0 Å². The number of hydrogen-bond donors (Lipinski definition) is 1. The molecule has 3 aliphatic heterocycles. The number of pyridine rings is 1. The number of alkyl halides is 3. The molecule has 3 aliphatic rings. The highest BCUT2D eigenvalue weighted by atomic mass is 19.4. The summed E-state index contributed by atoms with van der Waals surface area (Å²) < 4.78 is 39.7. The number of halogens is 3. The topological polar surface area (TPSA) is 57.2 Å². The normalized spacial score (nSPS) is 25.3. The molecule has 2 bridgehead atoms. The van der Waals surface area contributed by atoms with Crippen molar-refractivity contribution in [3.63, 3.8) is 0 Å². The van der Waals surface area contributed by atoms with E-state index in [1.54, 1.807) is 12.1 Å². The van der Waals surface area contributed by atoms with Crippen LogP contribution in [0.4, 0.5) is 19.0 Å². The zero-order valence-electron chi connectivity index (χ0n) is 14.1. The van der Waals surface area contributed by atoms with Crippen molar-refractivity contribution >= 4 is 5.82 Å². The number of nitrogens with one attached hydrogen (secondary N) is 1. The standard InChI is InChI=1S/C17H19F3N6/c18-17(19,20)14-9-15(24-16(23-14)12-1-3-21-4-2-12)22-10-13-11-25-5-7-26(13)8-6-25/h1-4,9,13H,5-8,10-11H2,(H,22,23,24). The van der Waals surface area contributed by atoms with Crippen molar-refractivity contribution in [3.05, 3.63) is 36.3 Å². The molecule has 3 fully saturated rings. The molecule has 6 nitrogen and oxygen atoms in total. The number of fused-ring (bicyclic) bond motifs is 3. The minimum Gasteiger partial charge on any atom is -0.368 e. The predicted octanol–water partition coefficient (Wildman–Crippen LogP) is 1.97. The van der Waals surface area contributed by atoms with E-state index in [0.29, 0.717) is 12.1 Å². The highest BCUT2D eigenvalue weighted by Crippen LogP contribution is 2.30. The number of aromatic nitrogens is 3. The second kappa shape index (κ2) is 6.81. The van der Waals surface area contributed by atoms with Crippen LogP contribution in [0.15, 0.2) is 30.6 Å². The van der Waals surface area contributed by atoms with Gasteiger partial charge in [-0.15, -0.1) is 0 Å². The smallest absolute Gasteiger partial charge is 0.368 e.